The molecule has 0 bridgehead atoms. The van der Waals surface area contributed by atoms with E-state index in [1.54, 1.807) is 0 Å². The summed E-state index contributed by atoms with van der Waals surface area (Å²) in [7, 11) is 0. The van der Waals surface area contributed by atoms with Crippen molar-refractivity contribution in [2.75, 3.05) is 0 Å². The van der Waals surface area contributed by atoms with Crippen LogP contribution in [0.4, 0.5) is 0 Å². The van der Waals surface area contributed by atoms with Gasteiger partial charge in [-0.15, -0.1) is 22.8 Å². The second kappa shape index (κ2) is 18.5. The molecule has 4 saturated carbocycles. The van der Waals surface area contributed by atoms with E-state index in [1.165, 1.54) is 125 Å². The van der Waals surface area contributed by atoms with Gasteiger partial charge in [0.05, 0.1) is 12.2 Å². The van der Waals surface area contributed by atoms with Gasteiger partial charge in [0.2, 0.25) is 0 Å². The van der Waals surface area contributed by atoms with Crippen molar-refractivity contribution < 1.29 is 18.8 Å². The van der Waals surface area contributed by atoms with Crippen LogP contribution in [0.2, 0.25) is 0 Å². The molecule has 0 aromatic rings. The summed E-state index contributed by atoms with van der Waals surface area (Å²) in [6.07, 6.45) is 24.3. The van der Waals surface area contributed by atoms with Crippen molar-refractivity contribution in [3.05, 3.63) is 0 Å². The minimum atomic E-state index is -2.83. The van der Waals surface area contributed by atoms with Crippen molar-refractivity contribution in [2.24, 2.45) is 0 Å². The molecule has 0 amide bonds. The van der Waals surface area contributed by atoms with Crippen molar-refractivity contribution in [2.45, 2.75) is 151 Å². The van der Waals surface area contributed by atoms with Crippen molar-refractivity contribution in [1.82, 2.24) is 0 Å². The Morgan fingerprint density at radius 2 is 0.743 bits per heavy atom. The Morgan fingerprint density at radius 1 is 0.486 bits per heavy atom. The second-order valence-electron chi connectivity index (χ2n) is 10.4. The van der Waals surface area contributed by atoms with Crippen LogP contribution in [0.3, 0.4) is 0 Å². The number of hydrogen-bond donors (Lipinski definition) is 0. The summed E-state index contributed by atoms with van der Waals surface area (Å²) in [6, 6.07) is 0. The van der Waals surface area contributed by atoms with Gasteiger partial charge in [-0.25, -0.2) is 0 Å². The van der Waals surface area contributed by atoms with Crippen LogP contribution in [0.5, 0.6) is 0 Å². The van der Waals surface area contributed by atoms with E-state index < -0.39 is 11.4 Å². The molecule has 0 aliphatic heterocycles. The van der Waals surface area contributed by atoms with E-state index in [-0.39, 0.29) is 49.9 Å². The van der Waals surface area contributed by atoms with E-state index in [2.05, 4.69) is 0 Å². The molecule has 0 heterocycles. The molecule has 0 aromatic carbocycles. The minimum Gasteiger partial charge on any atom is -0.793 e. The fourth-order valence-corrected chi connectivity index (χ4v) is 15.9. The average Bonchev–Trinajstić information content (AvgIpc) is 2.81. The predicted octanol–water partition coefficient (Wildman–Crippen LogP) is 7.59. The number of rotatable bonds is 8. The van der Waals surface area contributed by atoms with Crippen molar-refractivity contribution >= 4 is 95.5 Å². The van der Waals surface area contributed by atoms with Gasteiger partial charge < -0.3 is 18.8 Å². The average molecular weight is 627 g/mol. The molecule has 2 unspecified atom stereocenters. The summed E-state index contributed by atoms with van der Waals surface area (Å²) in [5, 5.41) is 0.964. The van der Waals surface area contributed by atoms with Gasteiger partial charge in [-0.3, -0.25) is 0 Å². The third-order valence-electron chi connectivity index (χ3n) is 7.32. The zero-order valence-electron chi connectivity index (χ0n) is 21.3. The van der Waals surface area contributed by atoms with Gasteiger partial charge in [-0.2, -0.15) is 0 Å². The maximum atomic E-state index is 12.3. The molecule has 0 aromatic heterocycles. The Hall–Kier alpha value is 3.10. The topological polar surface area (TPSA) is 64.6 Å². The second-order valence-corrected chi connectivity index (χ2v) is 22.7. The standard InChI is InChI=1S/2C12H23O2PS2.Ca/c2*13-15(16,14-11-7-3-1-4-8-11)17-12-9-5-2-6-10-12;/h2*11-12H,1-10H2,(H,13,16);/q;;+2/p-2. The maximum absolute atomic E-state index is 12.3. The van der Waals surface area contributed by atoms with Crippen LogP contribution >= 0.6 is 34.2 Å². The monoisotopic (exact) mass is 626 g/mol. The fraction of sp³-hybridized carbons (Fsp3) is 1.00. The summed E-state index contributed by atoms with van der Waals surface area (Å²) in [4.78, 5) is 24.6. The van der Waals surface area contributed by atoms with Gasteiger partial charge in [-0.1, -0.05) is 101 Å². The SMILES string of the molecule is [Ca+2].[O-]P(=S)(OC1CCCCC1)SC1CCCCC1.[O-]P(=S)(OC1CCCCC1)SC1CCCCC1. The quantitative estimate of drug-likeness (QED) is 0.202. The molecular formula is C24H44CaO4P2S4. The smallest absolute Gasteiger partial charge is 0.793 e. The van der Waals surface area contributed by atoms with Gasteiger partial charge in [0.25, 0.3) is 0 Å². The molecule has 35 heavy (non-hydrogen) atoms. The van der Waals surface area contributed by atoms with Crippen LogP contribution in [0.15, 0.2) is 0 Å². The first-order valence-electron chi connectivity index (χ1n) is 13.7. The van der Waals surface area contributed by atoms with Crippen LogP contribution in [0, 0.1) is 0 Å². The van der Waals surface area contributed by atoms with Crippen molar-refractivity contribution in [1.29, 1.82) is 0 Å². The van der Waals surface area contributed by atoms with E-state index in [4.69, 9.17) is 32.7 Å². The first kappa shape index (κ1) is 34.3. The van der Waals surface area contributed by atoms with Crippen molar-refractivity contribution in [3.63, 3.8) is 0 Å². The molecule has 4 aliphatic rings. The maximum Gasteiger partial charge on any atom is 2.00 e. The van der Waals surface area contributed by atoms with Crippen molar-refractivity contribution in [3.8, 4) is 0 Å². The Kier molecular flexibility index (Phi) is 18.1. The van der Waals surface area contributed by atoms with E-state index in [1.807, 2.05) is 0 Å². The molecule has 2 atom stereocenters. The van der Waals surface area contributed by atoms with Crippen LogP contribution < -0.4 is 9.79 Å². The Labute approximate surface area is 262 Å². The van der Waals surface area contributed by atoms with Crippen LogP contribution in [0.1, 0.15) is 128 Å². The first-order chi connectivity index (χ1) is 16.3. The van der Waals surface area contributed by atoms with Crippen LogP contribution in [0.25, 0.3) is 0 Å². The molecular weight excluding hydrogens is 583 g/mol. The molecule has 4 nitrogen and oxygen atoms in total. The summed E-state index contributed by atoms with van der Waals surface area (Å²) in [5.41, 5.74) is -5.66. The van der Waals surface area contributed by atoms with E-state index in [9.17, 15) is 9.79 Å². The van der Waals surface area contributed by atoms with Crippen LogP contribution in [-0.2, 0) is 32.7 Å². The molecule has 200 valence electrons. The molecule has 11 heteroatoms. The van der Waals surface area contributed by atoms with Gasteiger partial charge in [0.15, 0.2) is 0 Å². The van der Waals surface area contributed by atoms with Gasteiger partial charge in [-0.05, 0) is 51.4 Å². The summed E-state index contributed by atoms with van der Waals surface area (Å²) < 4.78 is 11.4. The van der Waals surface area contributed by atoms with Crippen LogP contribution in [-0.4, -0.2) is 60.4 Å². The molecule has 0 saturated heterocycles. The van der Waals surface area contributed by atoms with Gasteiger partial charge >= 0.3 is 37.7 Å². The van der Waals surface area contributed by atoms with Gasteiger partial charge in [0, 0.05) is 21.9 Å². The Morgan fingerprint density at radius 3 is 1.03 bits per heavy atom. The summed E-state index contributed by atoms with van der Waals surface area (Å²) in [6.45, 7) is 0. The Balaban J connectivity index is 0.000000240. The minimum absolute atomic E-state index is 0. The largest absolute Gasteiger partial charge is 2.00 e. The van der Waals surface area contributed by atoms with Gasteiger partial charge in [0.1, 0.15) is 0 Å². The molecule has 0 N–H and O–H groups in total. The zero-order valence-corrected chi connectivity index (χ0v) is 28.6. The normalized spacial score (nSPS) is 27.0. The summed E-state index contributed by atoms with van der Waals surface area (Å²) >= 11 is 13.3. The summed E-state index contributed by atoms with van der Waals surface area (Å²) in [5.74, 6) is 0. The number of hydrogen-bond acceptors (Lipinski definition) is 8. The Bertz CT molecular complexity index is 562. The fourth-order valence-electron chi connectivity index (χ4n) is 5.46. The molecule has 0 spiro atoms. The third-order valence-corrected chi connectivity index (χ3v) is 16.4. The molecule has 4 aliphatic carbocycles. The first-order valence-corrected chi connectivity index (χ1v) is 21.9. The van der Waals surface area contributed by atoms with E-state index >= 15 is 0 Å². The van der Waals surface area contributed by atoms with E-state index in [0.717, 1.165) is 25.7 Å². The zero-order chi connectivity index (χ0) is 24.3. The van der Waals surface area contributed by atoms with E-state index in [0.29, 0.717) is 10.5 Å². The predicted molar refractivity (Wildman–Crippen MR) is 159 cm³/mol. The third kappa shape index (κ3) is 15.1. The molecule has 4 rings (SSSR count). The molecule has 0 radical (unpaired) electrons. The molecule has 4 fully saturated rings.